The minimum atomic E-state index is -0.117. The van der Waals surface area contributed by atoms with Gasteiger partial charge in [0.2, 0.25) is 0 Å². The van der Waals surface area contributed by atoms with Crippen molar-refractivity contribution in [2.75, 3.05) is 33.3 Å². The first-order valence-electron chi connectivity index (χ1n) is 48.9. The molecule has 10 aromatic heterocycles. The number of aromatic amines is 1. The van der Waals surface area contributed by atoms with Crippen molar-refractivity contribution in [2.45, 2.75) is 290 Å². The molecule has 4 aliphatic carbocycles. The highest BCUT2D eigenvalue weighted by Gasteiger charge is 2.40. The number of benzene rings is 3. The fourth-order valence-electron chi connectivity index (χ4n) is 22.5. The number of nitrogens with one attached hydrogen (secondary N) is 1. The number of hydrogen-bond acceptors (Lipinski definition) is 18. The molecule has 21 rings (SSSR count). The third-order valence-corrected chi connectivity index (χ3v) is 29.5. The normalized spacial score (nSPS) is 23.0. The molecule has 700 valence electrons. The van der Waals surface area contributed by atoms with Crippen LogP contribution < -0.4 is 16.2 Å². The van der Waals surface area contributed by atoms with Crippen LogP contribution in [0.15, 0.2) is 146 Å². The molecule has 0 radical (unpaired) electrons. The summed E-state index contributed by atoms with van der Waals surface area (Å²) in [6.45, 7) is 22.2. The van der Waals surface area contributed by atoms with Crippen LogP contribution in [0.2, 0.25) is 0 Å². The summed E-state index contributed by atoms with van der Waals surface area (Å²) in [6.07, 6.45) is 37.3. The van der Waals surface area contributed by atoms with Crippen LogP contribution in [0.25, 0.3) is 33.7 Å². The molecule has 5 N–H and O–H groups in total. The number of carbonyl (C=O) groups is 4. The Hall–Kier alpha value is -12.4. The number of aryl methyl sites for hydroxylation is 5. The summed E-state index contributed by atoms with van der Waals surface area (Å²) in [5, 5.41) is 36.1. The highest BCUT2D eigenvalue weighted by molar-refractivity contribution is 5.98. The number of pyridine rings is 1. The van der Waals surface area contributed by atoms with Gasteiger partial charge in [-0.3, -0.25) is 29.3 Å². The maximum Gasteiger partial charge on any atom is 0.273 e. The molecule has 3 aromatic carbocycles. The van der Waals surface area contributed by atoms with Crippen LogP contribution in [0.5, 0.6) is 5.75 Å². The average molecular weight is 1810 g/mol. The topological polar surface area (TPSA) is 329 Å². The highest BCUT2D eigenvalue weighted by Crippen LogP contribution is 2.45. The second-order valence-electron chi connectivity index (χ2n) is 39.5. The molecule has 4 unspecified atom stereocenters. The molecule has 4 amide bonds. The monoisotopic (exact) mass is 1810 g/mol. The van der Waals surface area contributed by atoms with Crippen LogP contribution >= 0.6 is 0 Å². The predicted molar refractivity (Wildman–Crippen MR) is 520 cm³/mol. The van der Waals surface area contributed by atoms with E-state index in [9.17, 15) is 24.4 Å². The van der Waals surface area contributed by atoms with Crippen molar-refractivity contribution in [3.8, 4) is 22.9 Å². The number of hydrogen-bond donors (Lipinski definition) is 3. The molecule has 4 saturated carbocycles. The lowest BCUT2D eigenvalue weighted by atomic mass is 9.97. The molecular weight excluding hydrogens is 1670 g/mol. The SMILES string of the molecule is C.COc1ccc(C)cc1C(=O)N1CCCC[C@H]1c1cc2nc(C3CC[C@H](N)C3)c(C)cn2n1.Cc1cn2nc([C@@H]3CCCCN3C(=O)c3cc(-c4ccccc4)ccn3)cc2nc1C1CC[C@H](C)C1.Cc1cn2nc([C@@H]3CCCCN3C(=O)c3ccccc3C#N)cc2nc1C1CC[C@H](N)C1.Cc1cn2nc([C@@H]3CCCCN3C(=O)c3cn[nH]c3C(C)C)cc2nc1C1CC[C@H](C)C1. The van der Waals surface area contributed by atoms with Gasteiger partial charge in [-0.1, -0.05) is 102 Å². The molecule has 27 heteroatoms. The standard InChI is InChI=1S/C30H33N5O.C26H33N5O2.C25H34N6O.C25H28N6O.CH4/c1-20-11-12-24(16-20)29-21(2)19-35-28(32-29)18-25(33-35)27-10-6-7-15-34(27)30(36)26-17-23(13-14-31-26)22-8-4-3-5-9-22;1-16-7-10-23(33-3)20(12-16)26(32)30-11-5-4-6-22(30)21-14-24-28-25(17(2)15-31(24)29-21)18-8-9-19(27)13-18;1-15(2)23-19(13-26-28-23)25(32)30-10-6-5-7-21(30)20-12-22-27-24(17(4)14-31(22)29-20)18-9-8-16(3)11-18;1-16-15-31-23(28-24(16)17-9-10-19(27)12-17)13-21(29-31)22-8-4-5-11-30(22)25(32)20-7-3-2-6-18(20)14-26;/h3-5,8-9,13-14,17-20,24,27H,6-7,10-12,15-16H2,1-2H3;7,10,12,14-15,18-19,22H,4-6,8-9,11,13,27H2,1-3H3;12-16,18,21H,5-11H2,1-4H3,(H,26,28);2-3,6-7,13,15,17,19,22H,4-5,8-12,27H2,1H3;1H4/t20-,24?,27-;18?,19-,22-;16-,18?,21-;17?,19-,22-;/m0000./s1. The molecule has 0 bridgehead atoms. The van der Waals surface area contributed by atoms with Crippen LogP contribution in [-0.4, -0.2) is 162 Å². The number of carbonyl (C=O) groups excluding carboxylic acids is 4. The molecule has 4 saturated heterocycles. The van der Waals surface area contributed by atoms with Crippen molar-refractivity contribution in [3.05, 3.63) is 253 Å². The first-order chi connectivity index (χ1) is 64.5. The minimum absolute atomic E-state index is 0. The zero-order valence-electron chi connectivity index (χ0n) is 78.9. The number of H-pyrrole nitrogens is 1. The van der Waals surface area contributed by atoms with E-state index in [0.717, 1.165) is 224 Å². The molecule has 13 aromatic rings. The van der Waals surface area contributed by atoms with Gasteiger partial charge in [0.25, 0.3) is 23.6 Å². The number of nitrogens with two attached hydrogens (primary N) is 2. The van der Waals surface area contributed by atoms with E-state index in [1.54, 1.807) is 43.8 Å². The lowest BCUT2D eigenvalue weighted by Gasteiger charge is -2.35. The number of amides is 4. The molecule has 4 aliphatic heterocycles. The quantitative estimate of drug-likeness (QED) is 0.0858. The molecule has 8 aliphatic rings. The van der Waals surface area contributed by atoms with Gasteiger partial charge in [-0.15, -0.1) is 0 Å². The Balaban J connectivity index is 0.000000124. The van der Waals surface area contributed by atoms with Gasteiger partial charge in [-0.2, -0.15) is 30.8 Å². The number of piperidine rings is 4. The van der Waals surface area contributed by atoms with Crippen molar-refractivity contribution >= 4 is 46.2 Å². The molecule has 0 spiro atoms. The third-order valence-electron chi connectivity index (χ3n) is 29.5. The first kappa shape index (κ1) is 93.4. The van der Waals surface area contributed by atoms with Crippen LogP contribution in [0.4, 0.5) is 0 Å². The van der Waals surface area contributed by atoms with E-state index >= 15 is 0 Å². The van der Waals surface area contributed by atoms with Gasteiger partial charge >= 0.3 is 0 Å². The number of rotatable bonds is 15. The number of nitriles is 1. The summed E-state index contributed by atoms with van der Waals surface area (Å²) in [4.78, 5) is 86.6. The van der Waals surface area contributed by atoms with Crippen molar-refractivity contribution < 1.29 is 23.9 Å². The summed E-state index contributed by atoms with van der Waals surface area (Å²) in [6, 6.07) is 37.4. The Labute approximate surface area is 786 Å². The van der Waals surface area contributed by atoms with E-state index in [1.165, 1.54) is 61.0 Å². The van der Waals surface area contributed by atoms with E-state index in [-0.39, 0.29) is 73.2 Å². The summed E-state index contributed by atoms with van der Waals surface area (Å²) in [5.74, 6) is 4.22. The van der Waals surface area contributed by atoms with Crippen molar-refractivity contribution in [3.63, 3.8) is 0 Å². The predicted octanol–water partition coefficient (Wildman–Crippen LogP) is 20.4. The summed E-state index contributed by atoms with van der Waals surface area (Å²) in [7, 11) is 1.61. The number of ether oxygens (including phenoxy) is 1. The van der Waals surface area contributed by atoms with E-state index < -0.39 is 0 Å². The minimum Gasteiger partial charge on any atom is -0.496 e. The van der Waals surface area contributed by atoms with Gasteiger partial charge in [0.15, 0.2) is 22.6 Å². The fraction of sp³-hybridized carbons (Fsp3) is 0.486. The lowest BCUT2D eigenvalue weighted by molar-refractivity contribution is 0.0593. The average Bonchev–Trinajstić information content (AvgIpc) is 1.61. The lowest BCUT2D eigenvalue weighted by Crippen LogP contribution is -2.39. The maximum absolute atomic E-state index is 13.7. The Bertz CT molecular complexity index is 6450. The largest absolute Gasteiger partial charge is 0.496 e. The van der Waals surface area contributed by atoms with Gasteiger partial charge in [0.1, 0.15) is 11.4 Å². The Morgan fingerprint density at radius 1 is 0.440 bits per heavy atom. The second-order valence-corrected chi connectivity index (χ2v) is 39.5. The van der Waals surface area contributed by atoms with Crippen LogP contribution in [0.3, 0.4) is 0 Å². The van der Waals surface area contributed by atoms with E-state index in [1.807, 2.05) is 105 Å². The van der Waals surface area contributed by atoms with Gasteiger partial charge in [0, 0.05) is 117 Å². The number of likely N-dealkylation sites (tertiary alicyclic amines) is 4. The maximum atomic E-state index is 13.7. The van der Waals surface area contributed by atoms with E-state index in [0.29, 0.717) is 77.0 Å². The zero-order valence-corrected chi connectivity index (χ0v) is 78.9. The highest BCUT2D eigenvalue weighted by atomic mass is 16.5. The fourth-order valence-corrected chi connectivity index (χ4v) is 22.5. The van der Waals surface area contributed by atoms with Crippen molar-refractivity contribution in [1.82, 2.24) is 93.2 Å². The van der Waals surface area contributed by atoms with Gasteiger partial charge in [-0.05, 0) is 263 Å². The van der Waals surface area contributed by atoms with E-state index in [2.05, 4.69) is 126 Å². The molecule has 27 nitrogen and oxygen atoms in total. The summed E-state index contributed by atoms with van der Waals surface area (Å²) >= 11 is 0. The van der Waals surface area contributed by atoms with Gasteiger partial charge in [0.05, 0.1) is 117 Å². The van der Waals surface area contributed by atoms with Crippen molar-refractivity contribution in [2.24, 2.45) is 23.3 Å². The van der Waals surface area contributed by atoms with Crippen LogP contribution in [0.1, 0.15) is 369 Å². The Kier molecular flexibility index (Phi) is 28.4. The molecule has 134 heavy (non-hydrogen) atoms. The first-order valence-corrected chi connectivity index (χ1v) is 48.9. The smallest absolute Gasteiger partial charge is 0.273 e. The third kappa shape index (κ3) is 19.8. The number of methoxy groups -OCH3 is 1. The van der Waals surface area contributed by atoms with Gasteiger partial charge < -0.3 is 35.8 Å². The number of nitrogens with zero attached hydrogens (tertiary/aromatic N) is 19. The second kappa shape index (κ2) is 40.8. The molecule has 8 fully saturated rings. The van der Waals surface area contributed by atoms with Crippen molar-refractivity contribution in [1.29, 1.82) is 5.26 Å². The molecule has 14 heterocycles. The Morgan fingerprint density at radius 2 is 0.836 bits per heavy atom. The van der Waals surface area contributed by atoms with E-state index in [4.69, 9.17) is 56.5 Å². The molecule has 12 atom stereocenters. The number of aromatic nitrogens is 15. The molecular formula is C107H132N22O5. The summed E-state index contributed by atoms with van der Waals surface area (Å²) in [5.41, 5.74) is 35.4. The van der Waals surface area contributed by atoms with Crippen LogP contribution in [-0.2, 0) is 0 Å². The Morgan fingerprint density at radius 3 is 1.23 bits per heavy atom. The zero-order chi connectivity index (χ0) is 92.4. The summed E-state index contributed by atoms with van der Waals surface area (Å²) < 4.78 is 13.0. The van der Waals surface area contributed by atoms with Crippen LogP contribution in [0, 0.1) is 57.8 Å². The van der Waals surface area contributed by atoms with Gasteiger partial charge in [-0.25, -0.2) is 38.0 Å². The number of fused-ring (bicyclic) bond motifs is 4.